The van der Waals surface area contributed by atoms with Crippen molar-refractivity contribution in [3.8, 4) is 5.75 Å². The van der Waals surface area contributed by atoms with E-state index >= 15 is 0 Å². The third-order valence-electron chi connectivity index (χ3n) is 8.27. The topological polar surface area (TPSA) is 100 Å². The second kappa shape index (κ2) is 29.6. The molecule has 0 aromatic heterocycles. The lowest BCUT2D eigenvalue weighted by atomic mass is 10.1. The molecular formula is C38H65NO7. The van der Waals surface area contributed by atoms with E-state index in [9.17, 15) is 14.4 Å². The van der Waals surface area contributed by atoms with Gasteiger partial charge in [0, 0.05) is 5.69 Å². The Balaban J connectivity index is 2.23. The Morgan fingerprint density at radius 1 is 0.565 bits per heavy atom. The molecule has 1 N–H and O–H groups in total. The molecule has 0 spiro atoms. The zero-order chi connectivity index (χ0) is 33.5. The Labute approximate surface area is 280 Å². The summed E-state index contributed by atoms with van der Waals surface area (Å²) in [6.45, 7) is 5.08. The van der Waals surface area contributed by atoms with Crippen LogP contribution < -0.4 is 10.1 Å². The highest BCUT2D eigenvalue weighted by Gasteiger charge is 2.18. The first-order chi connectivity index (χ1) is 22.5. The fourth-order valence-corrected chi connectivity index (χ4v) is 5.45. The molecule has 0 fully saturated rings. The summed E-state index contributed by atoms with van der Waals surface area (Å²) in [4.78, 5) is 36.9. The van der Waals surface area contributed by atoms with Crippen molar-refractivity contribution in [3.63, 3.8) is 0 Å². The van der Waals surface area contributed by atoms with Gasteiger partial charge >= 0.3 is 18.2 Å². The van der Waals surface area contributed by atoms with Gasteiger partial charge in [0.2, 0.25) is 0 Å². The van der Waals surface area contributed by atoms with Gasteiger partial charge in [-0.3, -0.25) is 5.32 Å². The first kappa shape index (κ1) is 41.3. The van der Waals surface area contributed by atoms with E-state index in [0.717, 1.165) is 38.5 Å². The lowest BCUT2D eigenvalue weighted by molar-refractivity contribution is 0.0594. The molecule has 1 amide bonds. The Bertz CT molecular complexity index is 920. The number of methoxy groups -OCH3 is 1. The van der Waals surface area contributed by atoms with E-state index in [1.165, 1.54) is 141 Å². The molecule has 0 radical (unpaired) electrons. The van der Waals surface area contributed by atoms with Gasteiger partial charge in [0.15, 0.2) is 0 Å². The smallest absolute Gasteiger partial charge is 0.465 e. The van der Waals surface area contributed by atoms with Crippen molar-refractivity contribution in [3.05, 3.63) is 23.8 Å². The normalized spacial score (nSPS) is 10.8. The summed E-state index contributed by atoms with van der Waals surface area (Å²) < 4.78 is 20.6. The average molecular weight is 648 g/mol. The van der Waals surface area contributed by atoms with Crippen molar-refractivity contribution in [2.24, 2.45) is 0 Å². The van der Waals surface area contributed by atoms with Crippen molar-refractivity contribution in [1.29, 1.82) is 0 Å². The predicted octanol–water partition coefficient (Wildman–Crippen LogP) is 11.9. The Hall–Kier alpha value is -2.77. The van der Waals surface area contributed by atoms with E-state index < -0.39 is 18.2 Å². The monoisotopic (exact) mass is 647 g/mol. The zero-order valence-corrected chi connectivity index (χ0v) is 29.5. The van der Waals surface area contributed by atoms with Gasteiger partial charge in [-0.05, 0) is 31.0 Å². The van der Waals surface area contributed by atoms with Gasteiger partial charge in [-0.2, -0.15) is 0 Å². The molecule has 0 aliphatic carbocycles. The van der Waals surface area contributed by atoms with Crippen LogP contribution in [0.5, 0.6) is 5.75 Å². The molecule has 0 aliphatic rings. The number of benzene rings is 1. The maximum absolute atomic E-state index is 12.3. The maximum atomic E-state index is 12.3. The first-order valence-electron chi connectivity index (χ1n) is 18.5. The third kappa shape index (κ3) is 22.7. The highest BCUT2D eigenvalue weighted by atomic mass is 16.7. The second-order valence-electron chi connectivity index (χ2n) is 12.4. The molecule has 0 saturated carbocycles. The Kier molecular flexibility index (Phi) is 26.6. The molecule has 0 aliphatic heterocycles. The summed E-state index contributed by atoms with van der Waals surface area (Å²) in [5.74, 6) is -0.695. The van der Waals surface area contributed by atoms with Crippen molar-refractivity contribution in [2.45, 2.75) is 168 Å². The highest BCUT2D eigenvalue weighted by Crippen LogP contribution is 2.25. The number of hydrogen-bond donors (Lipinski definition) is 1. The third-order valence-corrected chi connectivity index (χ3v) is 8.27. The predicted molar refractivity (Wildman–Crippen MR) is 187 cm³/mol. The van der Waals surface area contributed by atoms with Crippen LogP contribution in [-0.4, -0.2) is 38.5 Å². The number of rotatable bonds is 29. The number of anilines is 1. The molecule has 0 saturated heterocycles. The van der Waals surface area contributed by atoms with Crippen LogP contribution in [0.2, 0.25) is 0 Å². The summed E-state index contributed by atoms with van der Waals surface area (Å²) in [6.07, 6.45) is 28.0. The minimum atomic E-state index is -0.879. The molecule has 46 heavy (non-hydrogen) atoms. The van der Waals surface area contributed by atoms with Gasteiger partial charge in [0.25, 0.3) is 0 Å². The fourth-order valence-electron chi connectivity index (χ4n) is 5.45. The van der Waals surface area contributed by atoms with Gasteiger partial charge in [0.05, 0.1) is 20.3 Å². The number of nitrogens with one attached hydrogen (secondary N) is 1. The van der Waals surface area contributed by atoms with Crippen LogP contribution in [0, 0.1) is 0 Å². The lowest BCUT2D eigenvalue weighted by Crippen LogP contribution is -2.16. The standard InChI is InChI=1S/C38H65NO7/c1-4-6-8-10-12-14-16-18-20-22-24-26-30-44-37(41)39-33-28-29-35(34(32-33)36(40)43-3)46-38(42)45-31-27-25-23-21-19-17-15-13-11-9-7-5-2/h28-29,32H,4-27,30-31H2,1-3H3,(H,39,41). The molecule has 0 unspecified atom stereocenters. The van der Waals surface area contributed by atoms with Crippen LogP contribution in [0.25, 0.3) is 0 Å². The number of amides is 1. The molecule has 264 valence electrons. The second-order valence-corrected chi connectivity index (χ2v) is 12.4. The van der Waals surface area contributed by atoms with Gasteiger partial charge in [-0.15, -0.1) is 0 Å². The minimum Gasteiger partial charge on any atom is -0.465 e. The van der Waals surface area contributed by atoms with E-state index in [0.29, 0.717) is 12.3 Å². The zero-order valence-electron chi connectivity index (χ0n) is 29.5. The summed E-state index contributed by atoms with van der Waals surface area (Å²) in [7, 11) is 1.24. The number of ether oxygens (including phenoxy) is 4. The van der Waals surface area contributed by atoms with Crippen LogP contribution >= 0.6 is 0 Å². The van der Waals surface area contributed by atoms with E-state index in [1.807, 2.05) is 0 Å². The number of carbonyl (C=O) groups excluding carboxylic acids is 3. The molecular weight excluding hydrogens is 582 g/mol. The maximum Gasteiger partial charge on any atom is 0.513 e. The molecule has 0 atom stereocenters. The van der Waals surface area contributed by atoms with Crippen LogP contribution in [-0.2, 0) is 14.2 Å². The van der Waals surface area contributed by atoms with Gasteiger partial charge in [-0.25, -0.2) is 14.4 Å². The molecule has 1 aromatic rings. The quantitative estimate of drug-likeness (QED) is 0.0399. The summed E-state index contributed by atoms with van der Waals surface area (Å²) in [5, 5.41) is 2.62. The highest BCUT2D eigenvalue weighted by molar-refractivity contribution is 5.95. The SMILES string of the molecule is CCCCCCCCCCCCCCOC(=O)Nc1ccc(OC(=O)OCCCCCCCCCCCCCC)c(C(=O)OC)c1. The Morgan fingerprint density at radius 3 is 1.41 bits per heavy atom. The molecule has 1 rings (SSSR count). The molecule has 0 heterocycles. The van der Waals surface area contributed by atoms with Gasteiger partial charge in [0.1, 0.15) is 11.3 Å². The van der Waals surface area contributed by atoms with Gasteiger partial charge in [-0.1, -0.05) is 155 Å². The Morgan fingerprint density at radius 2 is 0.978 bits per heavy atom. The van der Waals surface area contributed by atoms with E-state index in [2.05, 4.69) is 19.2 Å². The van der Waals surface area contributed by atoms with Crippen LogP contribution in [0.15, 0.2) is 18.2 Å². The number of esters is 1. The first-order valence-corrected chi connectivity index (χ1v) is 18.5. The molecule has 8 nitrogen and oxygen atoms in total. The molecule has 0 bridgehead atoms. The minimum absolute atomic E-state index is 0.00181. The average Bonchev–Trinajstić information content (AvgIpc) is 3.05. The van der Waals surface area contributed by atoms with Crippen LogP contribution in [0.1, 0.15) is 178 Å². The van der Waals surface area contributed by atoms with Gasteiger partial charge < -0.3 is 18.9 Å². The van der Waals surface area contributed by atoms with E-state index in [1.54, 1.807) is 0 Å². The number of carbonyl (C=O) groups is 3. The lowest BCUT2D eigenvalue weighted by Gasteiger charge is -2.12. The fraction of sp³-hybridized carbons (Fsp3) is 0.763. The molecule has 1 aromatic carbocycles. The van der Waals surface area contributed by atoms with Crippen molar-refractivity contribution in [1.82, 2.24) is 0 Å². The summed E-state index contributed by atoms with van der Waals surface area (Å²) in [5.41, 5.74) is 0.334. The van der Waals surface area contributed by atoms with Crippen LogP contribution in [0.4, 0.5) is 15.3 Å². The van der Waals surface area contributed by atoms with Crippen LogP contribution in [0.3, 0.4) is 0 Å². The van der Waals surface area contributed by atoms with E-state index in [4.69, 9.17) is 18.9 Å². The molecule has 8 heteroatoms. The largest absolute Gasteiger partial charge is 0.513 e. The van der Waals surface area contributed by atoms with Crippen molar-refractivity contribution < 1.29 is 33.3 Å². The van der Waals surface area contributed by atoms with E-state index in [-0.39, 0.29) is 17.9 Å². The van der Waals surface area contributed by atoms with Crippen molar-refractivity contribution in [2.75, 3.05) is 25.6 Å². The number of hydrogen-bond acceptors (Lipinski definition) is 7. The summed E-state index contributed by atoms with van der Waals surface area (Å²) in [6, 6.07) is 4.36. The summed E-state index contributed by atoms with van der Waals surface area (Å²) >= 11 is 0. The van der Waals surface area contributed by atoms with Crippen molar-refractivity contribution >= 4 is 23.9 Å². The number of unbranched alkanes of at least 4 members (excludes halogenated alkanes) is 22.